The molecule has 5 rings (SSSR count). The minimum absolute atomic E-state index is 0.0333. The second-order valence-corrected chi connectivity index (χ2v) is 9.97. The molecule has 44 heavy (non-hydrogen) atoms. The molecule has 0 atom stereocenters. The third-order valence-corrected chi connectivity index (χ3v) is 6.92. The number of ether oxygens (including phenoxy) is 1. The number of alkyl halides is 2. The Hall–Kier alpha value is -4.73. The Morgan fingerprint density at radius 2 is 1.02 bits per heavy atom. The second-order valence-electron chi connectivity index (χ2n) is 9.97. The highest BCUT2D eigenvalue weighted by Crippen LogP contribution is 2.38. The molecule has 226 valence electrons. The lowest BCUT2D eigenvalue weighted by Gasteiger charge is -2.20. The van der Waals surface area contributed by atoms with Crippen molar-refractivity contribution in [3.05, 3.63) is 137 Å². The molecule has 0 unspecified atom stereocenters. The van der Waals surface area contributed by atoms with Crippen molar-refractivity contribution in [2.24, 2.45) is 0 Å². The van der Waals surface area contributed by atoms with Crippen molar-refractivity contribution in [2.45, 2.75) is 25.9 Å². The van der Waals surface area contributed by atoms with Crippen LogP contribution in [0.4, 0.5) is 39.5 Å². The minimum atomic E-state index is -4.54. The van der Waals surface area contributed by atoms with Gasteiger partial charge in [-0.1, -0.05) is 49.7 Å². The summed E-state index contributed by atoms with van der Waals surface area (Å²) in [5, 5.41) is 0. The topological polar surface area (TPSA) is 9.23 Å². The van der Waals surface area contributed by atoms with Gasteiger partial charge in [0.15, 0.2) is 17.5 Å². The molecule has 0 heterocycles. The van der Waals surface area contributed by atoms with Gasteiger partial charge in [0.2, 0.25) is 0 Å². The second kappa shape index (κ2) is 12.1. The van der Waals surface area contributed by atoms with Crippen LogP contribution >= 0.6 is 0 Å². The summed E-state index contributed by atoms with van der Waals surface area (Å²) in [5.74, 6) is -10.9. The number of hydrogen-bond donors (Lipinski definition) is 0. The molecule has 0 aliphatic carbocycles. The Bertz CT molecular complexity index is 1800. The minimum Gasteiger partial charge on any atom is -0.429 e. The first-order valence-electron chi connectivity index (χ1n) is 13.3. The van der Waals surface area contributed by atoms with Gasteiger partial charge in [0.25, 0.3) is 0 Å². The first-order valence-corrected chi connectivity index (χ1v) is 13.3. The van der Waals surface area contributed by atoms with E-state index < -0.39 is 58.1 Å². The van der Waals surface area contributed by atoms with Crippen LogP contribution in [0.5, 0.6) is 5.75 Å². The molecule has 5 aromatic rings. The zero-order chi connectivity index (χ0) is 31.8. The Morgan fingerprint density at radius 3 is 1.59 bits per heavy atom. The van der Waals surface area contributed by atoms with Gasteiger partial charge in [0.1, 0.15) is 34.6 Å². The lowest BCUT2D eigenvalue weighted by molar-refractivity contribution is -0.189. The molecule has 1 nitrogen and oxygen atoms in total. The van der Waals surface area contributed by atoms with Gasteiger partial charge in [0, 0.05) is 17.2 Å². The summed E-state index contributed by atoms with van der Waals surface area (Å²) in [6.45, 7) is 2.00. The highest BCUT2D eigenvalue weighted by Gasteiger charge is 2.41. The molecule has 0 aliphatic rings. The van der Waals surface area contributed by atoms with E-state index in [0.717, 1.165) is 54.8 Å². The van der Waals surface area contributed by atoms with Crippen molar-refractivity contribution in [2.75, 3.05) is 0 Å². The molecule has 0 bridgehead atoms. The van der Waals surface area contributed by atoms with Crippen LogP contribution in [0, 0.1) is 40.7 Å². The van der Waals surface area contributed by atoms with Crippen molar-refractivity contribution >= 4 is 0 Å². The van der Waals surface area contributed by atoms with Crippen molar-refractivity contribution in [1.82, 2.24) is 0 Å². The zero-order valence-corrected chi connectivity index (χ0v) is 22.8. The van der Waals surface area contributed by atoms with E-state index in [4.69, 9.17) is 0 Å². The largest absolute Gasteiger partial charge is 0.432 e. The van der Waals surface area contributed by atoms with Crippen LogP contribution < -0.4 is 4.74 Å². The van der Waals surface area contributed by atoms with E-state index in [9.17, 15) is 39.5 Å². The normalized spacial score (nSPS) is 11.6. The monoisotopic (exact) mass is 616 g/mol. The Labute approximate surface area is 246 Å². The van der Waals surface area contributed by atoms with Gasteiger partial charge in [-0.05, 0) is 76.7 Å². The summed E-state index contributed by atoms with van der Waals surface area (Å²) in [6.07, 6.45) is -2.84. The molecule has 0 aliphatic heterocycles. The van der Waals surface area contributed by atoms with Crippen LogP contribution in [0.25, 0.3) is 33.4 Å². The summed E-state index contributed by atoms with van der Waals surface area (Å²) < 4.78 is 134. The van der Waals surface area contributed by atoms with E-state index in [1.807, 2.05) is 6.92 Å². The smallest absolute Gasteiger partial charge is 0.429 e. The average molecular weight is 617 g/mol. The Balaban J connectivity index is 1.38. The molecule has 0 saturated carbocycles. The molecule has 5 aromatic carbocycles. The number of rotatable bonds is 8. The molecule has 0 fully saturated rings. The molecule has 0 amide bonds. The maximum Gasteiger partial charge on any atom is 0.432 e. The van der Waals surface area contributed by atoms with E-state index in [2.05, 4.69) is 4.74 Å². The molecule has 0 aromatic heterocycles. The third kappa shape index (κ3) is 6.15. The van der Waals surface area contributed by atoms with Gasteiger partial charge in [-0.2, -0.15) is 8.78 Å². The standard InChI is InChI=1S/C34H21F9O/c1-2-3-18-4-6-19(7-5-18)21-13-28(37)32(29(38)14-21)34(42,43)44-23-9-11-24(27(36)17-23)20-8-10-25(26(35)12-20)22-15-30(39)33(41)31(40)16-22/h4-17H,2-3H2,1H3. The quantitative estimate of drug-likeness (QED) is 0.125. The molecule has 0 radical (unpaired) electrons. The van der Waals surface area contributed by atoms with Gasteiger partial charge in [-0.15, -0.1) is 0 Å². The van der Waals surface area contributed by atoms with Crippen LogP contribution in [0.2, 0.25) is 0 Å². The maximum atomic E-state index is 15.0. The Kier molecular flexibility index (Phi) is 8.45. The first-order chi connectivity index (χ1) is 20.9. The van der Waals surface area contributed by atoms with Crippen molar-refractivity contribution in [1.29, 1.82) is 0 Å². The first kappa shape index (κ1) is 30.7. The average Bonchev–Trinajstić information content (AvgIpc) is 2.95. The van der Waals surface area contributed by atoms with Crippen LogP contribution in [-0.4, -0.2) is 0 Å². The summed E-state index contributed by atoms with van der Waals surface area (Å²) in [4.78, 5) is 0. The number of hydrogen-bond acceptors (Lipinski definition) is 1. The van der Waals surface area contributed by atoms with Crippen molar-refractivity contribution in [3.63, 3.8) is 0 Å². The zero-order valence-electron chi connectivity index (χ0n) is 22.8. The lowest BCUT2D eigenvalue weighted by Crippen LogP contribution is -2.25. The maximum absolute atomic E-state index is 15.0. The van der Waals surface area contributed by atoms with E-state index >= 15 is 0 Å². The van der Waals surface area contributed by atoms with Gasteiger partial charge < -0.3 is 4.74 Å². The highest BCUT2D eigenvalue weighted by atomic mass is 19.3. The van der Waals surface area contributed by atoms with Gasteiger partial charge >= 0.3 is 6.11 Å². The van der Waals surface area contributed by atoms with Gasteiger partial charge in [0.05, 0.1) is 0 Å². The van der Waals surface area contributed by atoms with Crippen LogP contribution in [0.15, 0.2) is 84.9 Å². The van der Waals surface area contributed by atoms with Crippen LogP contribution in [0.1, 0.15) is 24.5 Å². The van der Waals surface area contributed by atoms with E-state index in [-0.39, 0.29) is 27.8 Å². The fraction of sp³-hybridized carbons (Fsp3) is 0.118. The molecular formula is C34H21F9O. The summed E-state index contributed by atoms with van der Waals surface area (Å²) >= 11 is 0. The number of halogens is 9. The van der Waals surface area contributed by atoms with Crippen LogP contribution in [0.3, 0.4) is 0 Å². The van der Waals surface area contributed by atoms with E-state index in [1.165, 1.54) is 6.07 Å². The fourth-order valence-electron chi connectivity index (χ4n) is 4.79. The summed E-state index contributed by atoms with van der Waals surface area (Å²) in [5.41, 5.74) is -1.19. The van der Waals surface area contributed by atoms with Gasteiger partial charge in [-0.3, -0.25) is 0 Å². The fourth-order valence-corrected chi connectivity index (χ4v) is 4.79. The molecule has 0 saturated heterocycles. The molecular weight excluding hydrogens is 595 g/mol. The number of aryl methyl sites for hydroxylation is 1. The van der Waals surface area contributed by atoms with E-state index in [0.29, 0.717) is 23.8 Å². The van der Waals surface area contributed by atoms with E-state index in [1.54, 1.807) is 24.3 Å². The van der Waals surface area contributed by atoms with Crippen LogP contribution in [-0.2, 0) is 12.5 Å². The third-order valence-electron chi connectivity index (χ3n) is 6.92. The van der Waals surface area contributed by atoms with Crippen molar-refractivity contribution in [3.8, 4) is 39.1 Å². The summed E-state index contributed by atoms with van der Waals surface area (Å²) in [7, 11) is 0. The summed E-state index contributed by atoms with van der Waals surface area (Å²) in [6, 6.07) is 15.0. The Morgan fingerprint density at radius 1 is 0.523 bits per heavy atom. The predicted molar refractivity (Wildman–Crippen MR) is 147 cm³/mol. The molecule has 0 N–H and O–H groups in total. The lowest BCUT2D eigenvalue weighted by atomic mass is 9.99. The van der Waals surface area contributed by atoms with Gasteiger partial charge in [-0.25, -0.2) is 30.7 Å². The van der Waals surface area contributed by atoms with Crippen molar-refractivity contribution < 1.29 is 44.3 Å². The number of benzene rings is 5. The highest BCUT2D eigenvalue weighted by molar-refractivity contribution is 5.72. The molecule has 10 heteroatoms. The predicted octanol–water partition coefficient (Wildman–Crippen LogP) is 10.7. The SMILES string of the molecule is CCCc1ccc(-c2cc(F)c(C(F)(F)Oc3ccc(-c4ccc(-c5cc(F)c(F)c(F)c5)c(F)c4)c(F)c3)c(F)c2)cc1. The molecule has 0 spiro atoms.